The zero-order valence-electron chi connectivity index (χ0n) is 11.7. The van der Waals surface area contributed by atoms with Crippen LogP contribution in [0, 0.1) is 10.5 Å². The summed E-state index contributed by atoms with van der Waals surface area (Å²) in [5.41, 5.74) is 3.07. The number of hydrogen-bond donors (Lipinski definition) is 1. The molecule has 0 spiro atoms. The molecule has 0 aliphatic heterocycles. The van der Waals surface area contributed by atoms with Crippen LogP contribution in [0.4, 0.5) is 4.79 Å². The number of nitrogens with zero attached hydrogens (tertiary/aromatic N) is 1. The highest BCUT2D eigenvalue weighted by molar-refractivity contribution is 14.1. The number of aromatic nitrogens is 1. The van der Waals surface area contributed by atoms with Crippen molar-refractivity contribution in [2.75, 3.05) is 0 Å². The van der Waals surface area contributed by atoms with Gasteiger partial charge in [0.1, 0.15) is 5.75 Å². The zero-order chi connectivity index (χ0) is 15.7. The highest BCUT2D eigenvalue weighted by Crippen LogP contribution is 2.35. The molecular weight excluding hydrogens is 393 g/mol. The highest BCUT2D eigenvalue weighted by Gasteiger charge is 2.17. The van der Waals surface area contributed by atoms with Crippen LogP contribution in [0.3, 0.4) is 0 Å². The van der Waals surface area contributed by atoms with Gasteiger partial charge in [-0.25, -0.2) is 9.78 Å². The Balaban J connectivity index is 2.33. The molecule has 0 aliphatic rings. The maximum Gasteiger partial charge on any atom is 0.511 e. The molecule has 0 bridgehead atoms. The fourth-order valence-corrected chi connectivity index (χ4v) is 2.89. The van der Waals surface area contributed by atoms with E-state index in [1.165, 1.54) is 0 Å². The van der Waals surface area contributed by atoms with Crippen molar-refractivity contribution in [2.45, 2.75) is 6.92 Å². The Kier molecular flexibility index (Phi) is 3.98. The molecule has 0 saturated heterocycles. The highest BCUT2D eigenvalue weighted by atomic mass is 127. The second-order valence-corrected chi connectivity index (χ2v) is 6.06. The normalized spacial score (nSPS) is 10.6. The van der Waals surface area contributed by atoms with Crippen molar-refractivity contribution < 1.29 is 14.6 Å². The topological polar surface area (TPSA) is 59.4 Å². The van der Waals surface area contributed by atoms with Gasteiger partial charge in [-0.1, -0.05) is 30.3 Å². The predicted molar refractivity (Wildman–Crippen MR) is 93.3 cm³/mol. The summed E-state index contributed by atoms with van der Waals surface area (Å²) in [6.45, 7) is 1.83. The van der Waals surface area contributed by atoms with Gasteiger partial charge >= 0.3 is 6.16 Å². The van der Waals surface area contributed by atoms with Crippen molar-refractivity contribution in [1.29, 1.82) is 0 Å². The SMILES string of the molecule is Cc1c(-c2ccccc2)nc2ccc(I)cc2c1OC(=O)O. The third kappa shape index (κ3) is 2.76. The molecule has 1 aromatic heterocycles. The lowest BCUT2D eigenvalue weighted by Crippen LogP contribution is -2.06. The number of halogens is 1. The molecule has 22 heavy (non-hydrogen) atoms. The second-order valence-electron chi connectivity index (χ2n) is 4.81. The first-order chi connectivity index (χ1) is 10.6. The first-order valence-corrected chi connectivity index (χ1v) is 7.70. The van der Waals surface area contributed by atoms with Gasteiger partial charge < -0.3 is 9.84 Å². The Morgan fingerprint density at radius 1 is 1.18 bits per heavy atom. The lowest BCUT2D eigenvalue weighted by molar-refractivity contribution is 0.144. The minimum absolute atomic E-state index is 0.342. The summed E-state index contributed by atoms with van der Waals surface area (Å²) in [6, 6.07) is 15.3. The van der Waals surface area contributed by atoms with Gasteiger partial charge in [-0.15, -0.1) is 0 Å². The van der Waals surface area contributed by atoms with Crippen LogP contribution in [-0.2, 0) is 0 Å². The summed E-state index contributed by atoms with van der Waals surface area (Å²) in [5.74, 6) is 0.342. The number of benzene rings is 2. The molecule has 0 amide bonds. The molecule has 3 aromatic rings. The second kappa shape index (κ2) is 5.92. The molecule has 0 radical (unpaired) electrons. The van der Waals surface area contributed by atoms with Crippen molar-refractivity contribution >= 4 is 39.6 Å². The summed E-state index contributed by atoms with van der Waals surface area (Å²) in [5, 5.41) is 9.74. The van der Waals surface area contributed by atoms with E-state index >= 15 is 0 Å². The number of carboxylic acid groups (broad SMARTS) is 1. The maximum absolute atomic E-state index is 11.1. The number of ether oxygens (including phenoxy) is 1. The lowest BCUT2D eigenvalue weighted by Gasteiger charge is -2.13. The van der Waals surface area contributed by atoms with Crippen LogP contribution in [0.2, 0.25) is 0 Å². The van der Waals surface area contributed by atoms with Crippen LogP contribution in [0.15, 0.2) is 48.5 Å². The lowest BCUT2D eigenvalue weighted by atomic mass is 10.0. The van der Waals surface area contributed by atoms with E-state index in [9.17, 15) is 4.79 Å². The minimum Gasteiger partial charge on any atom is -0.449 e. The molecule has 0 saturated carbocycles. The summed E-state index contributed by atoms with van der Waals surface area (Å²) in [4.78, 5) is 15.7. The number of carbonyl (C=O) groups is 1. The van der Waals surface area contributed by atoms with Gasteiger partial charge in [-0.3, -0.25) is 0 Å². The first-order valence-electron chi connectivity index (χ1n) is 6.62. The van der Waals surface area contributed by atoms with Crippen molar-refractivity contribution in [2.24, 2.45) is 0 Å². The number of rotatable bonds is 2. The first kappa shape index (κ1) is 14.8. The van der Waals surface area contributed by atoms with Gasteiger partial charge in [0.2, 0.25) is 0 Å². The van der Waals surface area contributed by atoms with E-state index < -0.39 is 6.16 Å². The summed E-state index contributed by atoms with van der Waals surface area (Å²) in [7, 11) is 0. The van der Waals surface area contributed by atoms with Gasteiger partial charge in [0.15, 0.2) is 0 Å². The largest absolute Gasteiger partial charge is 0.511 e. The quantitative estimate of drug-likeness (QED) is 0.488. The van der Waals surface area contributed by atoms with E-state index in [4.69, 9.17) is 9.84 Å². The average Bonchev–Trinajstić information content (AvgIpc) is 2.51. The van der Waals surface area contributed by atoms with E-state index in [1.54, 1.807) is 0 Å². The third-order valence-electron chi connectivity index (χ3n) is 3.37. The van der Waals surface area contributed by atoms with Crippen LogP contribution in [0.1, 0.15) is 5.56 Å². The number of hydrogen-bond acceptors (Lipinski definition) is 3. The van der Waals surface area contributed by atoms with Gasteiger partial charge in [0, 0.05) is 20.1 Å². The fraction of sp³-hybridized carbons (Fsp3) is 0.0588. The molecule has 0 aliphatic carbocycles. The molecule has 3 rings (SSSR count). The Morgan fingerprint density at radius 3 is 2.59 bits per heavy atom. The van der Waals surface area contributed by atoms with Gasteiger partial charge in [0.05, 0.1) is 11.2 Å². The fourth-order valence-electron chi connectivity index (χ4n) is 2.40. The minimum atomic E-state index is -1.33. The monoisotopic (exact) mass is 405 g/mol. The molecule has 0 atom stereocenters. The van der Waals surface area contributed by atoms with E-state index in [1.807, 2.05) is 55.5 Å². The van der Waals surface area contributed by atoms with Crippen LogP contribution >= 0.6 is 22.6 Å². The van der Waals surface area contributed by atoms with Crippen molar-refractivity contribution in [3.8, 4) is 17.0 Å². The van der Waals surface area contributed by atoms with Gasteiger partial charge in [0.25, 0.3) is 0 Å². The van der Waals surface area contributed by atoms with Crippen molar-refractivity contribution in [3.05, 3.63) is 57.7 Å². The van der Waals surface area contributed by atoms with E-state index in [2.05, 4.69) is 27.6 Å². The number of fused-ring (bicyclic) bond motifs is 1. The Hall–Kier alpha value is -2.15. The van der Waals surface area contributed by atoms with Crippen molar-refractivity contribution in [3.63, 3.8) is 0 Å². The summed E-state index contributed by atoms with van der Waals surface area (Å²) in [6.07, 6.45) is -1.33. The smallest absolute Gasteiger partial charge is 0.449 e. The standard InChI is InChI=1S/C17H12INO3/c1-10-15(11-5-3-2-4-6-11)19-14-8-7-12(18)9-13(14)16(10)22-17(20)21/h2-9H,1H3,(H,20,21). The van der Waals surface area contributed by atoms with Gasteiger partial charge in [-0.05, 0) is 47.7 Å². The van der Waals surface area contributed by atoms with E-state index in [-0.39, 0.29) is 0 Å². The summed E-state index contributed by atoms with van der Waals surface area (Å²) >= 11 is 2.18. The van der Waals surface area contributed by atoms with Crippen LogP contribution in [-0.4, -0.2) is 16.2 Å². The molecule has 1 heterocycles. The molecule has 0 fully saturated rings. The molecule has 1 N–H and O–H groups in total. The van der Waals surface area contributed by atoms with E-state index in [0.29, 0.717) is 22.2 Å². The Labute approximate surface area is 140 Å². The molecule has 5 heteroatoms. The molecule has 0 unspecified atom stereocenters. The van der Waals surface area contributed by atoms with Crippen molar-refractivity contribution in [1.82, 2.24) is 4.98 Å². The summed E-state index contributed by atoms with van der Waals surface area (Å²) < 4.78 is 6.04. The molecular formula is C17H12INO3. The Bertz CT molecular complexity index is 863. The van der Waals surface area contributed by atoms with Crippen LogP contribution in [0.5, 0.6) is 5.75 Å². The van der Waals surface area contributed by atoms with E-state index in [0.717, 1.165) is 14.8 Å². The zero-order valence-corrected chi connectivity index (χ0v) is 13.9. The average molecular weight is 405 g/mol. The van der Waals surface area contributed by atoms with Gasteiger partial charge in [-0.2, -0.15) is 0 Å². The van der Waals surface area contributed by atoms with Crippen LogP contribution < -0.4 is 4.74 Å². The predicted octanol–water partition coefficient (Wildman–Crippen LogP) is 4.87. The number of pyridine rings is 1. The Morgan fingerprint density at radius 2 is 1.91 bits per heavy atom. The molecule has 2 aromatic carbocycles. The van der Waals surface area contributed by atoms with Crippen LogP contribution in [0.25, 0.3) is 22.2 Å². The molecule has 4 nitrogen and oxygen atoms in total. The maximum atomic E-state index is 11.1. The third-order valence-corrected chi connectivity index (χ3v) is 4.04. The molecule has 110 valence electrons.